The standard InChI is InChI=1S/C16H23N5O2/c1-11(2)7-13(16(23)18-3)20-15(22)10-21(4)14-6-5-12(8-17)9-19-14/h5-6,9,11,13H,7,10H2,1-4H3,(H,18,23)(H,20,22). The molecule has 1 aromatic heterocycles. The monoisotopic (exact) mass is 317 g/mol. The molecule has 0 spiro atoms. The normalized spacial score (nSPS) is 11.5. The number of carbonyl (C=O) groups excluding carboxylic acids is 2. The molecule has 1 aromatic rings. The third-order valence-electron chi connectivity index (χ3n) is 3.25. The molecule has 1 atom stereocenters. The van der Waals surface area contributed by atoms with Crippen LogP contribution < -0.4 is 15.5 Å². The molecule has 0 saturated carbocycles. The molecule has 1 heterocycles. The maximum Gasteiger partial charge on any atom is 0.242 e. The number of aromatic nitrogens is 1. The molecular formula is C16H23N5O2. The lowest BCUT2D eigenvalue weighted by atomic mass is 10.0. The number of likely N-dealkylation sites (N-methyl/N-ethyl adjacent to an activating group) is 2. The van der Waals surface area contributed by atoms with Crippen LogP contribution in [0.1, 0.15) is 25.8 Å². The fourth-order valence-electron chi connectivity index (χ4n) is 2.09. The summed E-state index contributed by atoms with van der Waals surface area (Å²) in [6.07, 6.45) is 2.03. The van der Waals surface area contributed by atoms with Crippen LogP contribution in [0.3, 0.4) is 0 Å². The van der Waals surface area contributed by atoms with E-state index in [1.807, 2.05) is 19.9 Å². The van der Waals surface area contributed by atoms with Gasteiger partial charge in [-0.05, 0) is 24.5 Å². The van der Waals surface area contributed by atoms with Gasteiger partial charge in [0.05, 0.1) is 12.1 Å². The molecule has 0 bridgehead atoms. The van der Waals surface area contributed by atoms with E-state index in [-0.39, 0.29) is 24.3 Å². The van der Waals surface area contributed by atoms with E-state index in [0.29, 0.717) is 17.8 Å². The summed E-state index contributed by atoms with van der Waals surface area (Å²) in [5.74, 6) is 0.411. The topological polar surface area (TPSA) is 98.1 Å². The second kappa shape index (κ2) is 8.73. The SMILES string of the molecule is CNC(=O)C(CC(C)C)NC(=O)CN(C)c1ccc(C#N)cn1. The number of nitriles is 1. The van der Waals surface area contributed by atoms with E-state index in [1.54, 1.807) is 31.1 Å². The van der Waals surface area contributed by atoms with Crippen molar-refractivity contribution in [2.75, 3.05) is 25.5 Å². The first-order valence-electron chi connectivity index (χ1n) is 7.45. The summed E-state index contributed by atoms with van der Waals surface area (Å²) >= 11 is 0. The van der Waals surface area contributed by atoms with Gasteiger partial charge in [0, 0.05) is 20.3 Å². The number of amides is 2. The average Bonchev–Trinajstić information content (AvgIpc) is 2.52. The van der Waals surface area contributed by atoms with E-state index >= 15 is 0 Å². The number of pyridine rings is 1. The number of rotatable bonds is 7. The maximum atomic E-state index is 12.1. The van der Waals surface area contributed by atoms with Gasteiger partial charge >= 0.3 is 0 Å². The van der Waals surface area contributed by atoms with Gasteiger partial charge in [0.2, 0.25) is 11.8 Å². The van der Waals surface area contributed by atoms with Crippen molar-refractivity contribution in [3.8, 4) is 6.07 Å². The molecule has 0 aliphatic heterocycles. The number of nitrogens with zero attached hydrogens (tertiary/aromatic N) is 3. The van der Waals surface area contributed by atoms with Gasteiger partial charge in [-0.2, -0.15) is 5.26 Å². The Morgan fingerprint density at radius 3 is 2.57 bits per heavy atom. The van der Waals surface area contributed by atoms with Gasteiger partial charge < -0.3 is 15.5 Å². The smallest absolute Gasteiger partial charge is 0.242 e. The molecule has 124 valence electrons. The Morgan fingerprint density at radius 1 is 1.39 bits per heavy atom. The molecule has 1 unspecified atom stereocenters. The van der Waals surface area contributed by atoms with E-state index in [1.165, 1.54) is 6.20 Å². The fraction of sp³-hybridized carbons (Fsp3) is 0.500. The first-order valence-corrected chi connectivity index (χ1v) is 7.45. The molecule has 0 fully saturated rings. The first-order chi connectivity index (χ1) is 10.9. The van der Waals surface area contributed by atoms with E-state index in [0.717, 1.165) is 0 Å². The van der Waals surface area contributed by atoms with Crippen molar-refractivity contribution in [3.05, 3.63) is 23.9 Å². The van der Waals surface area contributed by atoms with Crippen LogP contribution in [0.2, 0.25) is 0 Å². The van der Waals surface area contributed by atoms with E-state index < -0.39 is 6.04 Å². The summed E-state index contributed by atoms with van der Waals surface area (Å²) < 4.78 is 0. The van der Waals surface area contributed by atoms with Crippen molar-refractivity contribution in [3.63, 3.8) is 0 Å². The number of hydrogen-bond acceptors (Lipinski definition) is 5. The van der Waals surface area contributed by atoms with Crippen molar-refractivity contribution in [1.29, 1.82) is 5.26 Å². The zero-order valence-electron chi connectivity index (χ0n) is 14.0. The molecular weight excluding hydrogens is 294 g/mol. The lowest BCUT2D eigenvalue weighted by Gasteiger charge is -2.22. The lowest BCUT2D eigenvalue weighted by molar-refractivity contribution is -0.128. The van der Waals surface area contributed by atoms with Gasteiger partial charge in [0.15, 0.2) is 0 Å². The van der Waals surface area contributed by atoms with Gasteiger partial charge in [0.25, 0.3) is 0 Å². The quantitative estimate of drug-likeness (QED) is 0.770. The van der Waals surface area contributed by atoms with Crippen LogP contribution in [-0.2, 0) is 9.59 Å². The molecule has 0 aliphatic rings. The minimum atomic E-state index is -0.546. The van der Waals surface area contributed by atoms with Crippen LogP contribution in [0, 0.1) is 17.2 Å². The Bertz CT molecular complexity index is 577. The van der Waals surface area contributed by atoms with Crippen LogP contribution in [0.5, 0.6) is 0 Å². The Balaban J connectivity index is 2.65. The molecule has 0 aromatic carbocycles. The minimum Gasteiger partial charge on any atom is -0.357 e. The van der Waals surface area contributed by atoms with Crippen LogP contribution in [-0.4, -0.2) is 43.5 Å². The number of nitrogens with one attached hydrogen (secondary N) is 2. The Kier molecular flexibility index (Phi) is 7.00. The van der Waals surface area contributed by atoms with Crippen molar-refractivity contribution in [1.82, 2.24) is 15.6 Å². The van der Waals surface area contributed by atoms with Crippen molar-refractivity contribution >= 4 is 17.6 Å². The highest BCUT2D eigenvalue weighted by Gasteiger charge is 2.21. The highest BCUT2D eigenvalue weighted by molar-refractivity contribution is 5.89. The molecule has 7 heteroatoms. The maximum absolute atomic E-state index is 12.1. The predicted octanol–water partition coefficient (Wildman–Crippen LogP) is 0.666. The lowest BCUT2D eigenvalue weighted by Crippen LogP contribution is -2.49. The molecule has 0 radical (unpaired) electrons. The third-order valence-corrected chi connectivity index (χ3v) is 3.25. The van der Waals surface area contributed by atoms with Crippen molar-refractivity contribution in [2.45, 2.75) is 26.3 Å². The number of carbonyl (C=O) groups is 2. The van der Waals surface area contributed by atoms with Gasteiger partial charge in [-0.15, -0.1) is 0 Å². The molecule has 2 amide bonds. The molecule has 7 nitrogen and oxygen atoms in total. The summed E-state index contributed by atoms with van der Waals surface area (Å²) in [6, 6.07) is 4.76. The second-order valence-corrected chi connectivity index (χ2v) is 5.74. The van der Waals surface area contributed by atoms with Crippen LogP contribution >= 0.6 is 0 Å². The van der Waals surface area contributed by atoms with Crippen LogP contribution in [0.15, 0.2) is 18.3 Å². The Labute approximate surface area is 136 Å². The molecule has 23 heavy (non-hydrogen) atoms. The summed E-state index contributed by atoms with van der Waals surface area (Å²) in [5, 5.41) is 14.1. The van der Waals surface area contributed by atoms with E-state index in [2.05, 4.69) is 15.6 Å². The van der Waals surface area contributed by atoms with Gasteiger partial charge in [-0.3, -0.25) is 9.59 Å². The third kappa shape index (κ3) is 5.94. The fourth-order valence-corrected chi connectivity index (χ4v) is 2.09. The van der Waals surface area contributed by atoms with Crippen molar-refractivity contribution < 1.29 is 9.59 Å². The Hall–Kier alpha value is -2.62. The second-order valence-electron chi connectivity index (χ2n) is 5.74. The van der Waals surface area contributed by atoms with Crippen LogP contribution in [0.25, 0.3) is 0 Å². The predicted molar refractivity (Wildman–Crippen MR) is 87.7 cm³/mol. The minimum absolute atomic E-state index is 0.0739. The molecule has 2 N–H and O–H groups in total. The Morgan fingerprint density at radius 2 is 2.09 bits per heavy atom. The van der Waals surface area contributed by atoms with Crippen molar-refractivity contribution in [2.24, 2.45) is 5.92 Å². The van der Waals surface area contributed by atoms with E-state index in [4.69, 9.17) is 5.26 Å². The number of hydrogen-bond donors (Lipinski definition) is 2. The summed E-state index contributed by atoms with van der Waals surface area (Å²) in [6.45, 7) is 4.06. The molecule has 0 saturated heterocycles. The molecule has 1 rings (SSSR count). The van der Waals surface area contributed by atoms with Gasteiger partial charge in [-0.25, -0.2) is 4.98 Å². The summed E-state index contributed by atoms with van der Waals surface area (Å²) in [4.78, 5) is 29.8. The highest BCUT2D eigenvalue weighted by Crippen LogP contribution is 2.09. The first kappa shape index (κ1) is 18.4. The van der Waals surface area contributed by atoms with Gasteiger partial charge in [-0.1, -0.05) is 13.8 Å². The molecule has 0 aliphatic carbocycles. The van der Waals surface area contributed by atoms with Crippen LogP contribution in [0.4, 0.5) is 5.82 Å². The number of anilines is 1. The average molecular weight is 317 g/mol. The highest BCUT2D eigenvalue weighted by atomic mass is 16.2. The van der Waals surface area contributed by atoms with Gasteiger partial charge in [0.1, 0.15) is 17.9 Å². The summed E-state index contributed by atoms with van der Waals surface area (Å²) in [5.41, 5.74) is 0.461. The zero-order valence-corrected chi connectivity index (χ0v) is 14.0. The van der Waals surface area contributed by atoms with E-state index in [9.17, 15) is 9.59 Å². The largest absolute Gasteiger partial charge is 0.357 e. The summed E-state index contributed by atoms with van der Waals surface area (Å²) in [7, 11) is 3.28. The zero-order chi connectivity index (χ0) is 17.4.